The molecular formula is C34H19FN4OPt. The minimum Gasteiger partial charge on any atom is -0.509 e. The van der Waals surface area contributed by atoms with E-state index in [0.29, 0.717) is 17.3 Å². The fraction of sp³-hybridized carbons (Fsp3) is 0. The molecule has 0 bridgehead atoms. The number of halogens is 1. The fourth-order valence-electron chi connectivity index (χ4n) is 5.45. The molecule has 7 heteroatoms. The second kappa shape index (κ2) is 9.99. The SMILES string of the molecule is Fc1ccc(-n2c3[c-]c(Oc4[c-]c5c(cc4)c4ccccc4n5-c4ccccn4)ccc3c3ccccc32)nc1.[Pt+2]. The summed E-state index contributed by atoms with van der Waals surface area (Å²) in [6, 6.07) is 40.1. The number of hydrogen-bond acceptors (Lipinski definition) is 3. The molecule has 41 heavy (non-hydrogen) atoms. The van der Waals surface area contributed by atoms with Crippen molar-refractivity contribution in [2.24, 2.45) is 0 Å². The Morgan fingerprint density at radius 2 is 1.12 bits per heavy atom. The molecule has 0 saturated heterocycles. The Balaban J connectivity index is 0.00000276. The molecule has 4 aromatic carbocycles. The molecule has 0 unspecified atom stereocenters. The molecule has 0 radical (unpaired) electrons. The summed E-state index contributed by atoms with van der Waals surface area (Å²) in [7, 11) is 0. The van der Waals surface area contributed by atoms with Gasteiger partial charge in [0.1, 0.15) is 17.5 Å². The topological polar surface area (TPSA) is 44.9 Å². The van der Waals surface area contributed by atoms with Crippen LogP contribution in [0, 0.1) is 17.9 Å². The van der Waals surface area contributed by atoms with E-state index in [9.17, 15) is 4.39 Å². The number of nitrogens with zero attached hydrogens (tertiary/aromatic N) is 4. The largest absolute Gasteiger partial charge is 2.00 e. The normalized spacial score (nSPS) is 11.3. The molecule has 8 rings (SSSR count). The summed E-state index contributed by atoms with van der Waals surface area (Å²) >= 11 is 0. The summed E-state index contributed by atoms with van der Waals surface area (Å²) < 4.78 is 24.1. The average molecular weight is 714 g/mol. The predicted octanol–water partition coefficient (Wildman–Crippen LogP) is 8.20. The van der Waals surface area contributed by atoms with Gasteiger partial charge in [0, 0.05) is 28.7 Å². The molecule has 4 aromatic heterocycles. The van der Waals surface area contributed by atoms with Gasteiger partial charge in [-0.25, -0.2) is 14.4 Å². The van der Waals surface area contributed by atoms with Crippen LogP contribution in [0.5, 0.6) is 11.5 Å². The number of aromatic nitrogens is 4. The van der Waals surface area contributed by atoms with E-state index in [4.69, 9.17) is 4.74 Å². The first-order valence-corrected chi connectivity index (χ1v) is 12.9. The van der Waals surface area contributed by atoms with Gasteiger partial charge < -0.3 is 13.9 Å². The summed E-state index contributed by atoms with van der Waals surface area (Å²) in [6.45, 7) is 0. The maximum absolute atomic E-state index is 13.7. The van der Waals surface area contributed by atoms with Gasteiger partial charge in [0.2, 0.25) is 0 Å². The number of para-hydroxylation sites is 2. The summed E-state index contributed by atoms with van der Waals surface area (Å²) in [6.07, 6.45) is 3.01. The Hall–Kier alpha value is -4.80. The Kier molecular flexibility index (Phi) is 6.14. The molecule has 0 fully saturated rings. The molecule has 0 spiro atoms. The zero-order chi connectivity index (χ0) is 26.6. The van der Waals surface area contributed by atoms with Crippen molar-refractivity contribution in [3.8, 4) is 23.1 Å². The van der Waals surface area contributed by atoms with Crippen LogP contribution in [0.25, 0.3) is 55.2 Å². The van der Waals surface area contributed by atoms with Gasteiger partial charge in [-0.3, -0.25) is 0 Å². The van der Waals surface area contributed by atoms with Crippen LogP contribution in [0.3, 0.4) is 0 Å². The number of fused-ring (bicyclic) bond motifs is 6. The van der Waals surface area contributed by atoms with Crippen molar-refractivity contribution in [2.75, 3.05) is 0 Å². The third-order valence-corrected chi connectivity index (χ3v) is 7.15. The van der Waals surface area contributed by atoms with Crippen LogP contribution in [0.1, 0.15) is 0 Å². The van der Waals surface area contributed by atoms with Crippen molar-refractivity contribution in [3.05, 3.63) is 133 Å². The summed E-state index contributed by atoms with van der Waals surface area (Å²) in [5.74, 6) is 2.13. The minimum absolute atomic E-state index is 0. The fourth-order valence-corrected chi connectivity index (χ4v) is 5.45. The zero-order valence-electron chi connectivity index (χ0n) is 21.4. The van der Waals surface area contributed by atoms with Crippen LogP contribution in [-0.2, 0) is 21.1 Å². The molecule has 8 aromatic rings. The van der Waals surface area contributed by atoms with E-state index in [1.54, 1.807) is 12.3 Å². The molecule has 0 aliphatic heterocycles. The third-order valence-electron chi connectivity index (χ3n) is 7.15. The molecule has 0 amide bonds. The Bertz CT molecular complexity index is 2200. The second-order valence-corrected chi connectivity index (χ2v) is 9.50. The first-order valence-electron chi connectivity index (χ1n) is 12.9. The van der Waals surface area contributed by atoms with Gasteiger partial charge in [-0.1, -0.05) is 53.5 Å². The maximum Gasteiger partial charge on any atom is 2.00 e. The van der Waals surface area contributed by atoms with Gasteiger partial charge in [-0.2, -0.15) is 12.1 Å². The van der Waals surface area contributed by atoms with Crippen LogP contribution in [0.15, 0.2) is 116 Å². The van der Waals surface area contributed by atoms with Crippen LogP contribution in [-0.4, -0.2) is 19.1 Å². The first kappa shape index (κ1) is 25.2. The number of rotatable bonds is 4. The summed E-state index contributed by atoms with van der Waals surface area (Å²) in [4.78, 5) is 8.94. The van der Waals surface area contributed by atoms with Crippen molar-refractivity contribution in [3.63, 3.8) is 0 Å². The van der Waals surface area contributed by atoms with Gasteiger partial charge in [0.05, 0.1) is 6.20 Å². The van der Waals surface area contributed by atoms with Gasteiger partial charge in [0.25, 0.3) is 0 Å². The standard InChI is InChI=1S/C34H19FN4O.Pt/c35-22-12-17-34(37-21-22)39-30-10-4-2-8-26(30)28-16-14-24(20-32(28)39)40-23-13-15-27-25-7-1-3-9-29(25)38(31(27)19-23)33-11-5-6-18-36-33;/h1-18,21H;/q-2;+2. The van der Waals surface area contributed by atoms with Crippen LogP contribution >= 0.6 is 0 Å². The quantitative estimate of drug-likeness (QED) is 0.173. The van der Waals surface area contributed by atoms with Crippen LogP contribution < -0.4 is 4.74 Å². The van der Waals surface area contributed by atoms with Crippen LogP contribution in [0.2, 0.25) is 0 Å². The van der Waals surface area contributed by atoms with E-state index in [1.165, 1.54) is 12.3 Å². The smallest absolute Gasteiger partial charge is 0.509 e. The molecule has 0 N–H and O–H groups in total. The number of hydrogen-bond donors (Lipinski definition) is 0. The molecule has 0 aliphatic rings. The Morgan fingerprint density at radius 3 is 1.66 bits per heavy atom. The van der Waals surface area contributed by atoms with E-state index >= 15 is 0 Å². The van der Waals surface area contributed by atoms with Crippen molar-refractivity contribution in [2.45, 2.75) is 0 Å². The number of ether oxygens (including phenoxy) is 1. The summed E-state index contributed by atoms with van der Waals surface area (Å²) in [5, 5.41) is 4.24. The van der Waals surface area contributed by atoms with Gasteiger partial charge >= 0.3 is 21.1 Å². The van der Waals surface area contributed by atoms with E-state index in [-0.39, 0.29) is 26.9 Å². The van der Waals surface area contributed by atoms with E-state index in [1.807, 2.05) is 71.3 Å². The first-order chi connectivity index (χ1) is 19.7. The monoisotopic (exact) mass is 713 g/mol. The zero-order valence-corrected chi connectivity index (χ0v) is 23.6. The third kappa shape index (κ3) is 4.11. The van der Waals surface area contributed by atoms with Crippen molar-refractivity contribution < 1.29 is 30.2 Å². The molecular weight excluding hydrogens is 694 g/mol. The average Bonchev–Trinajstić information content (AvgIpc) is 3.50. The van der Waals surface area contributed by atoms with E-state index in [2.05, 4.69) is 50.9 Å². The summed E-state index contributed by atoms with van der Waals surface area (Å²) in [5.41, 5.74) is 3.68. The van der Waals surface area contributed by atoms with Gasteiger partial charge in [-0.05, 0) is 47.2 Å². The number of benzene rings is 4. The molecule has 5 nitrogen and oxygen atoms in total. The number of pyridine rings is 2. The van der Waals surface area contributed by atoms with Crippen molar-refractivity contribution >= 4 is 43.6 Å². The van der Waals surface area contributed by atoms with Crippen LogP contribution in [0.4, 0.5) is 4.39 Å². The molecule has 0 saturated carbocycles. The Labute approximate surface area is 248 Å². The van der Waals surface area contributed by atoms with Crippen molar-refractivity contribution in [1.82, 2.24) is 19.1 Å². The second-order valence-electron chi connectivity index (χ2n) is 9.50. The van der Waals surface area contributed by atoms with Gasteiger partial charge in [0.15, 0.2) is 0 Å². The van der Waals surface area contributed by atoms with E-state index < -0.39 is 0 Å². The Morgan fingerprint density at radius 1 is 0.561 bits per heavy atom. The van der Waals surface area contributed by atoms with E-state index in [0.717, 1.165) is 49.4 Å². The molecule has 198 valence electrons. The molecule has 4 heterocycles. The minimum atomic E-state index is -0.383. The van der Waals surface area contributed by atoms with Gasteiger partial charge in [-0.15, -0.1) is 35.0 Å². The maximum atomic E-state index is 13.7. The molecule has 0 atom stereocenters. The molecule has 0 aliphatic carbocycles. The van der Waals surface area contributed by atoms with Crippen molar-refractivity contribution in [1.29, 1.82) is 0 Å². The predicted molar refractivity (Wildman–Crippen MR) is 155 cm³/mol.